The van der Waals surface area contributed by atoms with Crippen LogP contribution in [0, 0.1) is 0 Å². The van der Waals surface area contributed by atoms with Crippen molar-refractivity contribution >= 4 is 0 Å². The molecule has 2 aliphatic rings. The fourth-order valence-electron chi connectivity index (χ4n) is 3.46. The molecular weight excluding hydrogens is 210 g/mol. The topological polar surface area (TPSA) is 21.3 Å². The Morgan fingerprint density at radius 2 is 2.29 bits per heavy atom. The summed E-state index contributed by atoms with van der Waals surface area (Å²) in [6, 6.07) is 5.02. The molecule has 2 unspecified atom stereocenters. The van der Waals surface area contributed by atoms with E-state index in [1.165, 1.54) is 30.4 Å². The predicted molar refractivity (Wildman–Crippen MR) is 69.7 cm³/mol. The van der Waals surface area contributed by atoms with Crippen molar-refractivity contribution in [2.24, 2.45) is 0 Å². The van der Waals surface area contributed by atoms with E-state index in [9.17, 15) is 0 Å². The van der Waals surface area contributed by atoms with Crippen LogP contribution in [0.5, 0.6) is 5.75 Å². The fraction of sp³-hybridized carbons (Fsp3) is 0.600. The van der Waals surface area contributed by atoms with Crippen molar-refractivity contribution in [3.8, 4) is 5.75 Å². The number of aryl methyl sites for hydroxylation is 1. The number of ether oxygens (including phenoxy) is 1. The minimum absolute atomic E-state index is 0.521. The van der Waals surface area contributed by atoms with Crippen LogP contribution in [0.3, 0.4) is 0 Å². The van der Waals surface area contributed by atoms with Gasteiger partial charge in [-0.05, 0) is 60.4 Å². The number of hydrogen-bond donors (Lipinski definition) is 1. The molecule has 0 radical (unpaired) electrons. The van der Waals surface area contributed by atoms with Gasteiger partial charge >= 0.3 is 0 Å². The minimum atomic E-state index is 0.521. The molecule has 1 aromatic carbocycles. The maximum Gasteiger partial charge on any atom is 0.119 e. The van der Waals surface area contributed by atoms with E-state index in [0.29, 0.717) is 6.04 Å². The van der Waals surface area contributed by atoms with Crippen LogP contribution in [0.2, 0.25) is 0 Å². The summed E-state index contributed by atoms with van der Waals surface area (Å²) in [5.41, 5.74) is 4.68. The molecule has 0 aromatic heterocycles. The second-order valence-electron chi connectivity index (χ2n) is 5.25. The van der Waals surface area contributed by atoms with Crippen LogP contribution in [0.15, 0.2) is 12.1 Å². The van der Waals surface area contributed by atoms with E-state index in [0.717, 1.165) is 24.6 Å². The van der Waals surface area contributed by atoms with Crippen LogP contribution in [-0.4, -0.2) is 13.7 Å². The molecule has 1 aromatic rings. The van der Waals surface area contributed by atoms with E-state index in [1.807, 2.05) is 0 Å². The van der Waals surface area contributed by atoms with E-state index < -0.39 is 0 Å². The van der Waals surface area contributed by atoms with Crippen molar-refractivity contribution in [3.05, 3.63) is 28.8 Å². The Hall–Kier alpha value is -1.02. The molecule has 3 rings (SSSR count). The molecular formula is C15H21NO. The molecule has 92 valence electrons. The second-order valence-corrected chi connectivity index (χ2v) is 5.25. The number of hydrogen-bond acceptors (Lipinski definition) is 2. The van der Waals surface area contributed by atoms with Gasteiger partial charge in [0.15, 0.2) is 0 Å². The molecule has 0 saturated heterocycles. The van der Waals surface area contributed by atoms with Gasteiger partial charge in [-0.15, -0.1) is 0 Å². The highest BCUT2D eigenvalue weighted by molar-refractivity contribution is 5.48. The molecule has 1 heterocycles. The monoisotopic (exact) mass is 231 g/mol. The summed E-state index contributed by atoms with van der Waals surface area (Å²) in [5, 5.41) is 3.68. The summed E-state index contributed by atoms with van der Waals surface area (Å²) in [6.45, 7) is 3.41. The molecule has 0 amide bonds. The summed E-state index contributed by atoms with van der Waals surface area (Å²) in [5.74, 6) is 1.77. The van der Waals surface area contributed by atoms with Crippen LogP contribution in [-0.2, 0) is 6.42 Å². The van der Waals surface area contributed by atoms with Gasteiger partial charge in [0.05, 0.1) is 7.11 Å². The molecule has 1 aliphatic carbocycles. The van der Waals surface area contributed by atoms with Crippen LogP contribution >= 0.6 is 0 Å². The van der Waals surface area contributed by atoms with Crippen LogP contribution in [0.4, 0.5) is 0 Å². The third-order valence-corrected chi connectivity index (χ3v) is 4.31. The van der Waals surface area contributed by atoms with E-state index >= 15 is 0 Å². The molecule has 2 nitrogen and oxygen atoms in total. The van der Waals surface area contributed by atoms with E-state index in [2.05, 4.69) is 24.4 Å². The summed E-state index contributed by atoms with van der Waals surface area (Å²) >= 11 is 0. The van der Waals surface area contributed by atoms with Crippen molar-refractivity contribution in [3.63, 3.8) is 0 Å². The average molecular weight is 231 g/mol. The van der Waals surface area contributed by atoms with Gasteiger partial charge in [-0.25, -0.2) is 0 Å². The van der Waals surface area contributed by atoms with Gasteiger partial charge < -0.3 is 10.1 Å². The first kappa shape index (κ1) is 11.1. The van der Waals surface area contributed by atoms with E-state index in [4.69, 9.17) is 4.74 Å². The first-order valence-electron chi connectivity index (χ1n) is 6.77. The minimum Gasteiger partial charge on any atom is -0.497 e. The number of rotatable bonds is 2. The largest absolute Gasteiger partial charge is 0.497 e. The highest BCUT2D eigenvalue weighted by Gasteiger charge is 2.30. The van der Waals surface area contributed by atoms with Gasteiger partial charge in [-0.1, -0.05) is 6.92 Å². The highest BCUT2D eigenvalue weighted by atomic mass is 16.5. The Labute approximate surface area is 103 Å². The van der Waals surface area contributed by atoms with Crippen LogP contribution in [0.1, 0.15) is 54.8 Å². The van der Waals surface area contributed by atoms with Crippen molar-refractivity contribution < 1.29 is 4.74 Å². The average Bonchev–Trinajstić information content (AvgIpc) is 2.39. The molecule has 0 saturated carbocycles. The fourth-order valence-corrected chi connectivity index (χ4v) is 3.46. The Morgan fingerprint density at radius 3 is 3.06 bits per heavy atom. The summed E-state index contributed by atoms with van der Waals surface area (Å²) in [7, 11) is 1.77. The molecule has 2 heteroatoms. The van der Waals surface area contributed by atoms with Gasteiger partial charge in [0.1, 0.15) is 5.75 Å². The third kappa shape index (κ3) is 1.75. The lowest BCUT2D eigenvalue weighted by Gasteiger charge is -2.37. The lowest BCUT2D eigenvalue weighted by atomic mass is 9.75. The maximum absolute atomic E-state index is 5.45. The zero-order chi connectivity index (χ0) is 11.8. The molecule has 0 fully saturated rings. The Bertz CT molecular complexity index is 427. The second kappa shape index (κ2) is 4.34. The molecule has 17 heavy (non-hydrogen) atoms. The quantitative estimate of drug-likeness (QED) is 0.844. The number of benzene rings is 1. The maximum atomic E-state index is 5.45. The number of methoxy groups -OCH3 is 1. The Morgan fingerprint density at radius 1 is 1.41 bits per heavy atom. The molecule has 0 spiro atoms. The SMILES string of the molecule is CCC1NCC2CCCc3cc(OC)cc1c32. The van der Waals surface area contributed by atoms with Gasteiger partial charge in [0.2, 0.25) is 0 Å². The van der Waals surface area contributed by atoms with Gasteiger partial charge in [-0.3, -0.25) is 0 Å². The van der Waals surface area contributed by atoms with Crippen molar-refractivity contribution in [1.29, 1.82) is 0 Å². The number of nitrogens with one attached hydrogen (secondary N) is 1. The van der Waals surface area contributed by atoms with Crippen molar-refractivity contribution in [2.75, 3.05) is 13.7 Å². The normalized spacial score (nSPS) is 26.5. The Balaban J connectivity index is 2.15. The summed E-state index contributed by atoms with van der Waals surface area (Å²) in [6.07, 6.45) is 5.05. The van der Waals surface area contributed by atoms with Gasteiger partial charge in [0, 0.05) is 12.6 Å². The molecule has 1 aliphatic heterocycles. The zero-order valence-corrected chi connectivity index (χ0v) is 10.8. The lowest BCUT2D eigenvalue weighted by Crippen LogP contribution is -2.35. The molecule has 2 atom stereocenters. The molecule has 1 N–H and O–H groups in total. The smallest absolute Gasteiger partial charge is 0.119 e. The lowest BCUT2D eigenvalue weighted by molar-refractivity contribution is 0.391. The van der Waals surface area contributed by atoms with Crippen molar-refractivity contribution in [2.45, 2.75) is 44.6 Å². The summed E-state index contributed by atoms with van der Waals surface area (Å²) < 4.78 is 5.45. The highest BCUT2D eigenvalue weighted by Crippen LogP contribution is 2.42. The zero-order valence-electron chi connectivity index (χ0n) is 10.8. The first-order chi connectivity index (χ1) is 8.33. The summed E-state index contributed by atoms with van der Waals surface area (Å²) in [4.78, 5) is 0. The third-order valence-electron chi connectivity index (χ3n) is 4.31. The van der Waals surface area contributed by atoms with Crippen LogP contribution in [0.25, 0.3) is 0 Å². The van der Waals surface area contributed by atoms with E-state index in [-0.39, 0.29) is 0 Å². The van der Waals surface area contributed by atoms with E-state index in [1.54, 1.807) is 12.7 Å². The predicted octanol–water partition coefficient (Wildman–Crippen LogP) is 3.17. The molecule has 0 bridgehead atoms. The standard InChI is InChI=1S/C15H21NO/c1-3-14-13-8-12(17-2)7-10-5-4-6-11(9-16-14)15(10)13/h7-8,11,14,16H,3-6,9H2,1-2H3. The van der Waals surface area contributed by atoms with Crippen LogP contribution < -0.4 is 10.1 Å². The van der Waals surface area contributed by atoms with Gasteiger partial charge in [0.25, 0.3) is 0 Å². The van der Waals surface area contributed by atoms with Gasteiger partial charge in [-0.2, -0.15) is 0 Å². The Kier molecular flexibility index (Phi) is 2.83. The first-order valence-corrected chi connectivity index (χ1v) is 6.77. The van der Waals surface area contributed by atoms with Crippen molar-refractivity contribution in [1.82, 2.24) is 5.32 Å².